The third kappa shape index (κ3) is 8.87. The summed E-state index contributed by atoms with van der Waals surface area (Å²) >= 11 is 0. The summed E-state index contributed by atoms with van der Waals surface area (Å²) in [5, 5.41) is 0. The van der Waals surface area contributed by atoms with Crippen LogP contribution < -0.4 is 9.47 Å². The fourth-order valence-electron chi connectivity index (χ4n) is 5.22. The van der Waals surface area contributed by atoms with E-state index in [0.717, 1.165) is 12.8 Å². The van der Waals surface area contributed by atoms with E-state index in [-0.39, 0.29) is 35.1 Å². The molecule has 0 aromatic heterocycles. The lowest BCUT2D eigenvalue weighted by molar-refractivity contribution is 0.0194. The zero-order valence-electron chi connectivity index (χ0n) is 25.5. The van der Waals surface area contributed by atoms with Crippen molar-refractivity contribution in [2.24, 2.45) is 0 Å². The fourth-order valence-corrected chi connectivity index (χ4v) is 5.22. The van der Waals surface area contributed by atoms with Gasteiger partial charge in [0.1, 0.15) is 6.10 Å². The van der Waals surface area contributed by atoms with Gasteiger partial charge in [0.15, 0.2) is 23.1 Å². The molecule has 1 fully saturated rings. The van der Waals surface area contributed by atoms with Gasteiger partial charge in [-0.3, -0.25) is 0 Å². The first-order valence-corrected chi connectivity index (χ1v) is 15.4. The first kappa shape index (κ1) is 33.6. The molecule has 0 saturated heterocycles. The average Bonchev–Trinajstić information content (AvgIpc) is 3.07. The number of carbonyl (C=O) groups is 1. The molecular formula is C37H38F4O4. The standard InChI is InChI=1S/C23H26F2O3.C14H12F2O/c1-2-3-15-27-20-14-13-19(21(24)22(20)25)16-9-11-18(12-10-16)28-23(26)17-7-5-4-6-8-17;1-2-17-12-9-8-11(13(15)14(12)16)10-6-4-3-5-7-10/h4-8,13-14,16,18H,2-3,9-12,15H2,1H3;3-9H,2H2,1H3/t16-,18-;. The van der Waals surface area contributed by atoms with Crippen LogP contribution in [0, 0.1) is 23.3 Å². The second kappa shape index (κ2) is 16.7. The maximum Gasteiger partial charge on any atom is 0.338 e. The average molecular weight is 623 g/mol. The highest BCUT2D eigenvalue weighted by molar-refractivity contribution is 5.89. The first-order valence-electron chi connectivity index (χ1n) is 15.4. The van der Waals surface area contributed by atoms with Gasteiger partial charge in [-0.05, 0) is 86.4 Å². The third-order valence-electron chi connectivity index (χ3n) is 7.66. The van der Waals surface area contributed by atoms with E-state index in [2.05, 4.69) is 0 Å². The van der Waals surface area contributed by atoms with Crippen LogP contribution in [0.3, 0.4) is 0 Å². The van der Waals surface area contributed by atoms with E-state index in [1.165, 1.54) is 18.2 Å². The largest absolute Gasteiger partial charge is 0.491 e. The van der Waals surface area contributed by atoms with Crippen LogP contribution >= 0.6 is 0 Å². The first-order chi connectivity index (χ1) is 21.8. The summed E-state index contributed by atoms with van der Waals surface area (Å²) in [6.07, 6.45) is 4.12. The van der Waals surface area contributed by atoms with Gasteiger partial charge in [0.25, 0.3) is 0 Å². The Hall–Kier alpha value is -4.33. The van der Waals surface area contributed by atoms with Gasteiger partial charge in [-0.1, -0.05) is 67.9 Å². The van der Waals surface area contributed by atoms with Crippen LogP contribution in [0.1, 0.15) is 74.2 Å². The topological polar surface area (TPSA) is 44.8 Å². The van der Waals surface area contributed by atoms with Crippen molar-refractivity contribution in [1.29, 1.82) is 0 Å². The fraction of sp³-hybridized carbons (Fsp3) is 0.324. The zero-order chi connectivity index (χ0) is 32.2. The van der Waals surface area contributed by atoms with Crippen LogP contribution in [0.25, 0.3) is 11.1 Å². The molecule has 0 spiro atoms. The molecule has 1 aliphatic carbocycles. The quantitative estimate of drug-likeness (QED) is 0.100. The molecular weight excluding hydrogens is 584 g/mol. The Morgan fingerprint density at radius 1 is 0.689 bits per heavy atom. The molecule has 0 radical (unpaired) electrons. The molecule has 0 aliphatic heterocycles. The van der Waals surface area contributed by atoms with Gasteiger partial charge < -0.3 is 14.2 Å². The van der Waals surface area contributed by atoms with E-state index in [0.29, 0.717) is 55.6 Å². The Kier molecular flexibility index (Phi) is 12.4. The molecule has 0 N–H and O–H groups in total. The van der Waals surface area contributed by atoms with Crippen LogP contribution in [0.5, 0.6) is 11.5 Å². The third-order valence-corrected chi connectivity index (χ3v) is 7.66. The van der Waals surface area contributed by atoms with E-state index < -0.39 is 23.3 Å². The van der Waals surface area contributed by atoms with Crippen molar-refractivity contribution >= 4 is 5.97 Å². The van der Waals surface area contributed by atoms with Gasteiger partial charge in [-0.25, -0.2) is 13.6 Å². The molecule has 4 aromatic carbocycles. The number of esters is 1. The minimum atomic E-state index is -0.937. The number of benzene rings is 4. The molecule has 0 heterocycles. The lowest BCUT2D eigenvalue weighted by atomic mass is 9.82. The summed E-state index contributed by atoms with van der Waals surface area (Å²) in [6.45, 7) is 4.42. The predicted octanol–water partition coefficient (Wildman–Crippen LogP) is 10.1. The molecule has 5 rings (SSSR count). The maximum absolute atomic E-state index is 14.5. The summed E-state index contributed by atoms with van der Waals surface area (Å²) in [5.74, 6) is -4.04. The van der Waals surface area contributed by atoms with Crippen molar-refractivity contribution in [2.45, 2.75) is 64.4 Å². The van der Waals surface area contributed by atoms with Gasteiger partial charge in [0.05, 0.1) is 18.8 Å². The van der Waals surface area contributed by atoms with Crippen LogP contribution in [-0.2, 0) is 4.74 Å². The second-order valence-corrected chi connectivity index (χ2v) is 10.8. The molecule has 0 amide bonds. The van der Waals surface area contributed by atoms with Crippen molar-refractivity contribution < 1.29 is 36.6 Å². The van der Waals surface area contributed by atoms with Crippen LogP contribution in [-0.4, -0.2) is 25.3 Å². The van der Waals surface area contributed by atoms with Crippen molar-refractivity contribution in [3.8, 4) is 22.6 Å². The Morgan fingerprint density at radius 2 is 1.29 bits per heavy atom. The van der Waals surface area contributed by atoms with E-state index >= 15 is 0 Å². The van der Waals surface area contributed by atoms with Crippen molar-refractivity contribution in [3.05, 3.63) is 119 Å². The monoisotopic (exact) mass is 622 g/mol. The van der Waals surface area contributed by atoms with Crippen LogP contribution in [0.2, 0.25) is 0 Å². The molecule has 4 nitrogen and oxygen atoms in total. The second-order valence-electron chi connectivity index (χ2n) is 10.8. The van der Waals surface area contributed by atoms with Crippen molar-refractivity contribution in [1.82, 2.24) is 0 Å². The number of rotatable bonds is 10. The number of halogens is 4. The van der Waals surface area contributed by atoms with E-state index in [1.54, 1.807) is 61.5 Å². The van der Waals surface area contributed by atoms with Gasteiger partial charge in [-0.2, -0.15) is 8.78 Å². The number of ether oxygens (including phenoxy) is 3. The molecule has 0 unspecified atom stereocenters. The highest BCUT2D eigenvalue weighted by atomic mass is 19.2. The van der Waals surface area contributed by atoms with Crippen LogP contribution in [0.15, 0.2) is 84.9 Å². The molecule has 238 valence electrons. The van der Waals surface area contributed by atoms with E-state index in [9.17, 15) is 22.4 Å². The van der Waals surface area contributed by atoms with Gasteiger partial charge in [0.2, 0.25) is 11.6 Å². The van der Waals surface area contributed by atoms with E-state index in [1.807, 2.05) is 19.1 Å². The summed E-state index contributed by atoms with van der Waals surface area (Å²) < 4.78 is 72.2. The predicted molar refractivity (Wildman–Crippen MR) is 167 cm³/mol. The highest BCUT2D eigenvalue weighted by Gasteiger charge is 2.28. The molecule has 8 heteroatoms. The molecule has 4 aromatic rings. The lowest BCUT2D eigenvalue weighted by Crippen LogP contribution is -2.24. The summed E-state index contributed by atoms with van der Waals surface area (Å²) in [4.78, 5) is 12.2. The van der Waals surface area contributed by atoms with Gasteiger partial charge in [0, 0.05) is 5.56 Å². The summed E-state index contributed by atoms with van der Waals surface area (Å²) in [6, 6.07) is 23.8. The normalized spacial score (nSPS) is 15.9. The molecule has 1 saturated carbocycles. The van der Waals surface area contributed by atoms with Gasteiger partial charge in [-0.15, -0.1) is 0 Å². The molecule has 0 atom stereocenters. The SMILES string of the molecule is CCCCOc1ccc([C@H]2CC[C@H](OC(=O)c3ccccc3)CC2)c(F)c1F.CCOc1ccc(-c2ccccc2)c(F)c1F. The Balaban J connectivity index is 0.000000231. The molecule has 45 heavy (non-hydrogen) atoms. The highest BCUT2D eigenvalue weighted by Crippen LogP contribution is 2.37. The number of hydrogen-bond acceptors (Lipinski definition) is 4. The van der Waals surface area contributed by atoms with Crippen molar-refractivity contribution in [2.75, 3.05) is 13.2 Å². The Labute approximate surface area is 262 Å². The minimum Gasteiger partial charge on any atom is -0.491 e. The number of hydrogen-bond donors (Lipinski definition) is 0. The number of carbonyl (C=O) groups excluding carboxylic acids is 1. The summed E-state index contributed by atoms with van der Waals surface area (Å²) in [7, 11) is 0. The van der Waals surface area contributed by atoms with Gasteiger partial charge >= 0.3 is 5.97 Å². The Morgan fingerprint density at radius 3 is 1.93 bits per heavy atom. The maximum atomic E-state index is 14.5. The zero-order valence-corrected chi connectivity index (χ0v) is 25.5. The number of unbranched alkanes of at least 4 members (excludes halogenated alkanes) is 1. The lowest BCUT2D eigenvalue weighted by Gasteiger charge is -2.29. The van der Waals surface area contributed by atoms with Crippen molar-refractivity contribution in [3.63, 3.8) is 0 Å². The Bertz CT molecular complexity index is 1520. The van der Waals surface area contributed by atoms with Crippen LogP contribution in [0.4, 0.5) is 17.6 Å². The molecule has 0 bridgehead atoms. The molecule has 1 aliphatic rings. The summed E-state index contributed by atoms with van der Waals surface area (Å²) in [5.41, 5.74) is 1.79. The minimum absolute atomic E-state index is 0.0276. The smallest absolute Gasteiger partial charge is 0.338 e. The van der Waals surface area contributed by atoms with E-state index in [4.69, 9.17) is 14.2 Å².